The molecule has 0 aliphatic rings. The zero-order valence-corrected chi connectivity index (χ0v) is 11.2. The molecule has 2 rings (SSSR count). The van der Waals surface area contributed by atoms with E-state index < -0.39 is 5.97 Å². The summed E-state index contributed by atoms with van der Waals surface area (Å²) in [4.78, 5) is 18.0. The maximum atomic E-state index is 10.5. The molecule has 4 heteroatoms. The molecule has 1 heterocycles. The number of nitrogens with one attached hydrogen (secondary N) is 1. The number of carboxylic acid groups (broad SMARTS) is 1. The molecule has 0 saturated heterocycles. The second kappa shape index (κ2) is 5.69. The van der Waals surface area contributed by atoms with Crippen molar-refractivity contribution in [3.05, 3.63) is 41.3 Å². The van der Waals surface area contributed by atoms with Crippen LogP contribution >= 0.6 is 0 Å². The highest BCUT2D eigenvalue weighted by Crippen LogP contribution is 2.20. The maximum absolute atomic E-state index is 10.5. The van der Waals surface area contributed by atoms with Crippen molar-refractivity contribution in [3.8, 4) is 11.3 Å². The summed E-state index contributed by atoms with van der Waals surface area (Å²) in [7, 11) is 0. The van der Waals surface area contributed by atoms with Crippen molar-refractivity contribution >= 4 is 5.97 Å². The Morgan fingerprint density at radius 3 is 2.79 bits per heavy atom. The summed E-state index contributed by atoms with van der Waals surface area (Å²) in [5.74, 6) is 0.0791. The van der Waals surface area contributed by atoms with Crippen LogP contribution in [-0.2, 0) is 11.2 Å². The minimum Gasteiger partial charge on any atom is -0.481 e. The van der Waals surface area contributed by atoms with E-state index in [0.29, 0.717) is 12.8 Å². The molecule has 0 bridgehead atoms. The number of aromatic amines is 1. The number of aliphatic carboxylic acids is 1. The summed E-state index contributed by atoms with van der Waals surface area (Å²) in [5.41, 5.74) is 4.61. The molecule has 19 heavy (non-hydrogen) atoms. The number of hydrogen-bond acceptors (Lipinski definition) is 2. The average molecular weight is 258 g/mol. The van der Waals surface area contributed by atoms with E-state index in [1.807, 2.05) is 0 Å². The lowest BCUT2D eigenvalue weighted by atomic mass is 10.1. The fourth-order valence-corrected chi connectivity index (χ4v) is 1.95. The van der Waals surface area contributed by atoms with Gasteiger partial charge >= 0.3 is 5.97 Å². The first-order valence-corrected chi connectivity index (χ1v) is 6.39. The Labute approximate surface area is 112 Å². The van der Waals surface area contributed by atoms with Gasteiger partial charge in [-0.25, -0.2) is 4.98 Å². The summed E-state index contributed by atoms with van der Waals surface area (Å²) >= 11 is 0. The van der Waals surface area contributed by atoms with Gasteiger partial charge in [-0.3, -0.25) is 4.79 Å². The molecule has 2 N–H and O–H groups in total. The molecule has 100 valence electrons. The largest absolute Gasteiger partial charge is 0.481 e. The van der Waals surface area contributed by atoms with Crippen LogP contribution in [0, 0.1) is 13.8 Å². The van der Waals surface area contributed by atoms with E-state index in [1.54, 1.807) is 6.20 Å². The fourth-order valence-electron chi connectivity index (χ4n) is 1.95. The summed E-state index contributed by atoms with van der Waals surface area (Å²) < 4.78 is 0. The summed E-state index contributed by atoms with van der Waals surface area (Å²) in [6, 6.07) is 6.29. The third-order valence-corrected chi connectivity index (χ3v) is 3.25. The van der Waals surface area contributed by atoms with Crippen molar-refractivity contribution in [1.82, 2.24) is 9.97 Å². The van der Waals surface area contributed by atoms with E-state index in [1.165, 1.54) is 11.1 Å². The van der Waals surface area contributed by atoms with Crippen LogP contribution in [0.25, 0.3) is 11.3 Å². The fraction of sp³-hybridized carbons (Fsp3) is 0.333. The van der Waals surface area contributed by atoms with Crippen LogP contribution in [0.4, 0.5) is 0 Å². The molecule has 0 saturated carbocycles. The molecular formula is C15H18N2O2. The number of aryl methyl sites for hydroxylation is 3. The van der Waals surface area contributed by atoms with Crippen LogP contribution in [0.15, 0.2) is 24.4 Å². The van der Waals surface area contributed by atoms with Crippen molar-refractivity contribution in [1.29, 1.82) is 0 Å². The second-order valence-electron chi connectivity index (χ2n) is 4.79. The van der Waals surface area contributed by atoms with E-state index in [4.69, 9.17) is 5.11 Å². The van der Waals surface area contributed by atoms with E-state index in [0.717, 1.165) is 17.1 Å². The van der Waals surface area contributed by atoms with Crippen LogP contribution in [0.5, 0.6) is 0 Å². The van der Waals surface area contributed by atoms with Gasteiger partial charge in [-0.1, -0.05) is 12.1 Å². The molecular weight excluding hydrogens is 240 g/mol. The number of hydrogen-bond donors (Lipinski definition) is 2. The van der Waals surface area contributed by atoms with Gasteiger partial charge < -0.3 is 10.1 Å². The van der Waals surface area contributed by atoms with Crippen LogP contribution in [0.3, 0.4) is 0 Å². The quantitative estimate of drug-likeness (QED) is 0.866. The lowest BCUT2D eigenvalue weighted by molar-refractivity contribution is -0.137. The van der Waals surface area contributed by atoms with E-state index in [2.05, 4.69) is 42.0 Å². The SMILES string of the molecule is Cc1ccc(-c2cnc(CCCC(=O)O)[nH]2)cc1C. The Morgan fingerprint density at radius 1 is 1.32 bits per heavy atom. The molecule has 1 aromatic heterocycles. The van der Waals surface area contributed by atoms with E-state index >= 15 is 0 Å². The van der Waals surface area contributed by atoms with Gasteiger partial charge in [0.1, 0.15) is 5.82 Å². The molecule has 0 aliphatic heterocycles. The third kappa shape index (κ3) is 3.44. The van der Waals surface area contributed by atoms with Crippen molar-refractivity contribution in [2.45, 2.75) is 33.1 Å². The molecule has 0 fully saturated rings. The Kier molecular flexibility index (Phi) is 4.00. The zero-order chi connectivity index (χ0) is 13.8. The lowest BCUT2D eigenvalue weighted by Crippen LogP contribution is -1.96. The number of aromatic nitrogens is 2. The highest BCUT2D eigenvalue weighted by molar-refractivity contribution is 5.66. The van der Waals surface area contributed by atoms with Gasteiger partial charge in [-0.05, 0) is 43.0 Å². The topological polar surface area (TPSA) is 66.0 Å². The number of H-pyrrole nitrogens is 1. The number of rotatable bonds is 5. The minimum absolute atomic E-state index is 0.180. The molecule has 0 aliphatic carbocycles. The number of carboxylic acids is 1. The Bertz CT molecular complexity index is 588. The minimum atomic E-state index is -0.763. The van der Waals surface area contributed by atoms with Crippen LogP contribution in [-0.4, -0.2) is 21.0 Å². The zero-order valence-electron chi connectivity index (χ0n) is 11.2. The first-order valence-electron chi connectivity index (χ1n) is 6.39. The highest BCUT2D eigenvalue weighted by Gasteiger charge is 2.05. The predicted molar refractivity (Wildman–Crippen MR) is 74.1 cm³/mol. The highest BCUT2D eigenvalue weighted by atomic mass is 16.4. The number of nitrogens with zero attached hydrogens (tertiary/aromatic N) is 1. The van der Waals surface area contributed by atoms with Crippen molar-refractivity contribution in [3.63, 3.8) is 0 Å². The van der Waals surface area contributed by atoms with Gasteiger partial charge in [0.25, 0.3) is 0 Å². The molecule has 2 aromatic rings. The standard InChI is InChI=1S/C15H18N2O2/c1-10-6-7-12(8-11(10)2)13-9-16-14(17-13)4-3-5-15(18)19/h6-9H,3-5H2,1-2H3,(H,16,17)(H,18,19). The first-order chi connectivity index (χ1) is 9.06. The second-order valence-corrected chi connectivity index (χ2v) is 4.79. The molecule has 0 amide bonds. The smallest absolute Gasteiger partial charge is 0.303 e. The van der Waals surface area contributed by atoms with Crippen molar-refractivity contribution in [2.75, 3.05) is 0 Å². The molecule has 0 spiro atoms. The maximum Gasteiger partial charge on any atom is 0.303 e. The molecule has 1 aromatic carbocycles. The third-order valence-electron chi connectivity index (χ3n) is 3.25. The van der Waals surface area contributed by atoms with E-state index in [9.17, 15) is 4.79 Å². The monoisotopic (exact) mass is 258 g/mol. The number of carbonyl (C=O) groups is 1. The van der Waals surface area contributed by atoms with Gasteiger partial charge in [-0.2, -0.15) is 0 Å². The Morgan fingerprint density at radius 2 is 2.11 bits per heavy atom. The lowest BCUT2D eigenvalue weighted by Gasteiger charge is -2.03. The van der Waals surface area contributed by atoms with Crippen molar-refractivity contribution < 1.29 is 9.90 Å². The van der Waals surface area contributed by atoms with E-state index in [-0.39, 0.29) is 6.42 Å². The first kappa shape index (κ1) is 13.3. The summed E-state index contributed by atoms with van der Waals surface area (Å²) in [6.45, 7) is 4.17. The summed E-state index contributed by atoms with van der Waals surface area (Å²) in [6.07, 6.45) is 3.26. The van der Waals surface area contributed by atoms with Crippen LogP contribution < -0.4 is 0 Å². The normalized spacial score (nSPS) is 10.6. The van der Waals surface area contributed by atoms with Gasteiger partial charge in [0.2, 0.25) is 0 Å². The molecule has 0 unspecified atom stereocenters. The van der Waals surface area contributed by atoms with Gasteiger partial charge in [0, 0.05) is 12.8 Å². The van der Waals surface area contributed by atoms with Gasteiger partial charge in [-0.15, -0.1) is 0 Å². The Hall–Kier alpha value is -2.10. The molecule has 0 radical (unpaired) electrons. The Balaban J connectivity index is 2.07. The summed E-state index contributed by atoms with van der Waals surface area (Å²) in [5, 5.41) is 8.60. The average Bonchev–Trinajstić information content (AvgIpc) is 2.81. The van der Waals surface area contributed by atoms with Gasteiger partial charge in [0.05, 0.1) is 11.9 Å². The molecule has 0 atom stereocenters. The van der Waals surface area contributed by atoms with Gasteiger partial charge in [0.15, 0.2) is 0 Å². The number of imidazole rings is 1. The van der Waals surface area contributed by atoms with Crippen LogP contribution in [0.1, 0.15) is 29.8 Å². The molecule has 4 nitrogen and oxygen atoms in total. The van der Waals surface area contributed by atoms with Crippen molar-refractivity contribution in [2.24, 2.45) is 0 Å². The van der Waals surface area contributed by atoms with Crippen LogP contribution in [0.2, 0.25) is 0 Å². The predicted octanol–water partition coefficient (Wildman–Crippen LogP) is 3.10. The number of benzene rings is 1.